The number of ether oxygens (including phenoxy) is 3. The lowest BCUT2D eigenvalue weighted by Crippen LogP contribution is -2.21. The van der Waals surface area contributed by atoms with Crippen LogP contribution >= 0.6 is 0 Å². The Bertz CT molecular complexity index is 1480. The first-order valence-electron chi connectivity index (χ1n) is 10.6. The van der Waals surface area contributed by atoms with Crippen molar-refractivity contribution in [2.24, 2.45) is 5.73 Å². The van der Waals surface area contributed by atoms with Crippen molar-refractivity contribution in [3.8, 4) is 23.3 Å². The molecular formula is C28H20N2O4. The number of hydrogen-bond donors (Lipinski definition) is 1. The quantitative estimate of drug-likeness (QED) is 0.337. The van der Waals surface area contributed by atoms with E-state index in [0.717, 1.165) is 21.9 Å². The van der Waals surface area contributed by atoms with Crippen LogP contribution in [0.4, 0.5) is 0 Å². The van der Waals surface area contributed by atoms with E-state index in [1.807, 2.05) is 48.5 Å². The molecule has 6 heteroatoms. The van der Waals surface area contributed by atoms with Gasteiger partial charge in [0, 0.05) is 11.6 Å². The van der Waals surface area contributed by atoms with Crippen molar-refractivity contribution in [3.05, 3.63) is 113 Å². The van der Waals surface area contributed by atoms with E-state index in [-0.39, 0.29) is 5.88 Å². The van der Waals surface area contributed by atoms with Gasteiger partial charge in [-0.3, -0.25) is 0 Å². The highest BCUT2D eigenvalue weighted by atomic mass is 16.5. The van der Waals surface area contributed by atoms with Gasteiger partial charge in [-0.05, 0) is 46.7 Å². The van der Waals surface area contributed by atoms with Crippen LogP contribution in [-0.2, 0) is 0 Å². The summed E-state index contributed by atoms with van der Waals surface area (Å²) in [5.74, 6) is 0.510. The van der Waals surface area contributed by atoms with Gasteiger partial charge in [-0.25, -0.2) is 4.79 Å². The molecule has 0 aromatic heterocycles. The van der Waals surface area contributed by atoms with Crippen LogP contribution in [0.3, 0.4) is 0 Å². The normalized spacial score (nSPS) is 14.6. The van der Waals surface area contributed by atoms with E-state index >= 15 is 0 Å². The fourth-order valence-corrected chi connectivity index (χ4v) is 4.21. The first-order chi connectivity index (χ1) is 16.6. The molecule has 1 aliphatic heterocycles. The molecule has 5 rings (SSSR count). The average molecular weight is 448 g/mol. The number of rotatable bonds is 4. The molecule has 0 radical (unpaired) electrons. The number of hydrogen-bond acceptors (Lipinski definition) is 6. The van der Waals surface area contributed by atoms with Crippen LogP contribution in [0.2, 0.25) is 0 Å². The maximum atomic E-state index is 12.6. The van der Waals surface area contributed by atoms with Crippen LogP contribution in [0, 0.1) is 11.3 Å². The van der Waals surface area contributed by atoms with E-state index in [9.17, 15) is 10.1 Å². The average Bonchev–Trinajstić information content (AvgIpc) is 2.87. The molecule has 1 atom stereocenters. The number of benzene rings is 4. The van der Waals surface area contributed by atoms with E-state index in [4.69, 9.17) is 19.9 Å². The monoisotopic (exact) mass is 448 g/mol. The number of methoxy groups -OCH3 is 1. The topological polar surface area (TPSA) is 94.6 Å². The second-order valence-corrected chi connectivity index (χ2v) is 7.81. The first-order valence-corrected chi connectivity index (χ1v) is 10.6. The lowest BCUT2D eigenvalue weighted by atomic mass is 9.81. The van der Waals surface area contributed by atoms with Gasteiger partial charge in [0.05, 0.1) is 18.6 Å². The van der Waals surface area contributed by atoms with E-state index in [1.54, 1.807) is 43.5 Å². The number of fused-ring (bicyclic) bond motifs is 2. The highest BCUT2D eigenvalue weighted by molar-refractivity contribution is 5.91. The fourth-order valence-electron chi connectivity index (χ4n) is 4.21. The first kappa shape index (κ1) is 21.1. The second-order valence-electron chi connectivity index (χ2n) is 7.81. The highest BCUT2D eigenvalue weighted by Gasteiger charge is 2.32. The summed E-state index contributed by atoms with van der Waals surface area (Å²) in [7, 11) is 1.56. The zero-order chi connectivity index (χ0) is 23.7. The summed E-state index contributed by atoms with van der Waals surface area (Å²) in [5, 5.41) is 12.0. The zero-order valence-electron chi connectivity index (χ0n) is 18.3. The smallest absolute Gasteiger partial charge is 0.343 e. The molecule has 0 saturated carbocycles. The van der Waals surface area contributed by atoms with Crippen molar-refractivity contribution in [3.63, 3.8) is 0 Å². The minimum absolute atomic E-state index is 0.0339. The summed E-state index contributed by atoms with van der Waals surface area (Å²) in [6.07, 6.45) is 0. The van der Waals surface area contributed by atoms with E-state index in [0.29, 0.717) is 28.4 Å². The van der Waals surface area contributed by atoms with Gasteiger partial charge in [-0.15, -0.1) is 0 Å². The Labute approximate surface area is 196 Å². The van der Waals surface area contributed by atoms with Crippen molar-refractivity contribution in [1.82, 2.24) is 0 Å². The predicted molar refractivity (Wildman–Crippen MR) is 128 cm³/mol. The molecule has 6 nitrogen and oxygen atoms in total. The van der Waals surface area contributed by atoms with Gasteiger partial charge >= 0.3 is 5.97 Å². The zero-order valence-corrected chi connectivity index (χ0v) is 18.3. The van der Waals surface area contributed by atoms with Gasteiger partial charge in [0.1, 0.15) is 28.9 Å². The molecule has 0 spiro atoms. The second kappa shape index (κ2) is 8.64. The van der Waals surface area contributed by atoms with E-state index in [2.05, 4.69) is 6.07 Å². The number of nitriles is 1. The molecular weight excluding hydrogens is 428 g/mol. The molecule has 4 aromatic rings. The molecule has 1 unspecified atom stereocenters. The molecule has 2 N–H and O–H groups in total. The Morgan fingerprint density at radius 2 is 1.68 bits per heavy atom. The molecule has 0 saturated heterocycles. The van der Waals surface area contributed by atoms with Crippen molar-refractivity contribution in [2.45, 2.75) is 5.92 Å². The van der Waals surface area contributed by atoms with Gasteiger partial charge in [0.25, 0.3) is 0 Å². The molecule has 1 aliphatic rings. The SMILES string of the molecule is COc1ccc(C(=O)Oc2ccc3c(c2)OC(N)=C(C#N)C3c2cccc3ccccc23)cc1. The van der Waals surface area contributed by atoms with Crippen molar-refractivity contribution in [2.75, 3.05) is 7.11 Å². The molecule has 0 fully saturated rings. The van der Waals surface area contributed by atoms with Gasteiger partial charge in [0.2, 0.25) is 5.88 Å². The summed E-state index contributed by atoms with van der Waals surface area (Å²) < 4.78 is 16.5. The molecule has 0 bridgehead atoms. The van der Waals surface area contributed by atoms with Gasteiger partial charge in [-0.1, -0.05) is 48.5 Å². The number of carbonyl (C=O) groups is 1. The molecule has 166 valence electrons. The summed E-state index contributed by atoms with van der Waals surface area (Å²) in [5.41, 5.74) is 8.61. The third-order valence-electron chi connectivity index (χ3n) is 5.86. The Hall–Kier alpha value is -4.76. The van der Waals surface area contributed by atoms with Crippen LogP contribution in [0.25, 0.3) is 10.8 Å². The van der Waals surface area contributed by atoms with Crippen LogP contribution in [0.5, 0.6) is 17.2 Å². The Kier molecular flexibility index (Phi) is 5.36. The van der Waals surface area contributed by atoms with Gasteiger partial charge in [0.15, 0.2) is 0 Å². The Morgan fingerprint density at radius 1 is 0.941 bits per heavy atom. The summed E-state index contributed by atoms with van der Waals surface area (Å²) in [4.78, 5) is 12.6. The molecule has 4 aromatic carbocycles. The van der Waals surface area contributed by atoms with Crippen LogP contribution in [-0.4, -0.2) is 13.1 Å². The maximum Gasteiger partial charge on any atom is 0.343 e. The fraction of sp³-hybridized carbons (Fsp3) is 0.0714. The standard InChI is InChI=1S/C28H20N2O4/c1-32-19-11-9-18(10-12-19)28(31)33-20-13-14-23-25(15-20)34-27(30)24(16-29)26(23)22-8-4-6-17-5-2-3-7-21(17)22/h2-15,26H,30H2,1H3. The third kappa shape index (κ3) is 3.70. The Morgan fingerprint density at radius 3 is 2.44 bits per heavy atom. The molecule has 34 heavy (non-hydrogen) atoms. The molecule has 0 aliphatic carbocycles. The largest absolute Gasteiger partial charge is 0.497 e. The van der Waals surface area contributed by atoms with Crippen molar-refractivity contribution < 1.29 is 19.0 Å². The number of nitrogens with two attached hydrogens (primary N) is 1. The van der Waals surface area contributed by atoms with Gasteiger partial charge in [-0.2, -0.15) is 5.26 Å². The van der Waals surface area contributed by atoms with Gasteiger partial charge < -0.3 is 19.9 Å². The lowest BCUT2D eigenvalue weighted by Gasteiger charge is -2.27. The minimum Gasteiger partial charge on any atom is -0.497 e. The number of esters is 1. The summed E-state index contributed by atoms with van der Waals surface area (Å²) >= 11 is 0. The van der Waals surface area contributed by atoms with Crippen LogP contribution < -0.4 is 19.9 Å². The van der Waals surface area contributed by atoms with Crippen molar-refractivity contribution in [1.29, 1.82) is 5.26 Å². The van der Waals surface area contributed by atoms with Crippen LogP contribution in [0.15, 0.2) is 96.4 Å². The highest BCUT2D eigenvalue weighted by Crippen LogP contribution is 2.45. The predicted octanol–water partition coefficient (Wildman–Crippen LogP) is 5.29. The Balaban J connectivity index is 1.53. The maximum absolute atomic E-state index is 12.6. The number of allylic oxidation sites excluding steroid dienone is 1. The summed E-state index contributed by atoms with van der Waals surface area (Å²) in [6, 6.07) is 28.0. The number of nitrogens with zero attached hydrogens (tertiary/aromatic N) is 1. The minimum atomic E-state index is -0.509. The molecule has 0 amide bonds. The van der Waals surface area contributed by atoms with Crippen molar-refractivity contribution >= 4 is 16.7 Å². The molecule has 1 heterocycles. The third-order valence-corrected chi connectivity index (χ3v) is 5.86. The lowest BCUT2D eigenvalue weighted by molar-refractivity contribution is 0.0734. The van der Waals surface area contributed by atoms with Crippen LogP contribution in [0.1, 0.15) is 27.4 Å². The van der Waals surface area contributed by atoms with E-state index < -0.39 is 11.9 Å². The summed E-state index contributed by atoms with van der Waals surface area (Å²) in [6.45, 7) is 0. The van der Waals surface area contributed by atoms with E-state index in [1.165, 1.54) is 0 Å². The number of carbonyl (C=O) groups excluding carboxylic acids is 1.